The van der Waals surface area contributed by atoms with Gasteiger partial charge in [0.05, 0.1) is 15.8 Å². The fourth-order valence-corrected chi connectivity index (χ4v) is 3.24. The van der Waals surface area contributed by atoms with Crippen LogP contribution in [0.2, 0.25) is 10.0 Å². The van der Waals surface area contributed by atoms with E-state index in [4.69, 9.17) is 28.0 Å². The number of hydrogen-bond acceptors (Lipinski definition) is 3. The summed E-state index contributed by atoms with van der Waals surface area (Å²) in [5.41, 5.74) is 1.79. The van der Waals surface area contributed by atoms with Crippen LogP contribution in [0.4, 0.5) is 0 Å². The van der Waals surface area contributed by atoms with Gasteiger partial charge in [0.1, 0.15) is 7.11 Å². The smallest absolute Gasteiger partial charge is 0.106 e. The molecule has 80 valence electrons. The molecule has 0 aliphatic carbocycles. The van der Waals surface area contributed by atoms with Gasteiger partial charge in [-0.15, -0.1) is 11.8 Å². The van der Waals surface area contributed by atoms with E-state index in [0.29, 0.717) is 5.02 Å². The van der Waals surface area contributed by atoms with Gasteiger partial charge in [0, 0.05) is 22.6 Å². The number of thioether (sulfide) groups is 1. The van der Waals surface area contributed by atoms with E-state index in [9.17, 15) is 0 Å². The van der Waals surface area contributed by atoms with Crippen molar-refractivity contribution in [2.24, 2.45) is 5.16 Å². The Labute approximate surface area is 103 Å². The van der Waals surface area contributed by atoms with Crippen molar-refractivity contribution >= 4 is 40.7 Å². The molecule has 0 aromatic heterocycles. The van der Waals surface area contributed by atoms with Crippen molar-refractivity contribution in [3.05, 3.63) is 27.7 Å². The molecule has 2 rings (SSSR count). The van der Waals surface area contributed by atoms with Gasteiger partial charge < -0.3 is 4.84 Å². The zero-order valence-electron chi connectivity index (χ0n) is 8.09. The summed E-state index contributed by atoms with van der Waals surface area (Å²) in [4.78, 5) is 5.82. The number of halogens is 2. The molecule has 0 unspecified atom stereocenters. The van der Waals surface area contributed by atoms with E-state index in [1.165, 1.54) is 7.11 Å². The van der Waals surface area contributed by atoms with Gasteiger partial charge in [0.25, 0.3) is 0 Å². The molecule has 1 aromatic carbocycles. The molecule has 0 saturated heterocycles. The summed E-state index contributed by atoms with van der Waals surface area (Å²) in [7, 11) is 1.53. The van der Waals surface area contributed by atoms with Crippen LogP contribution in [-0.2, 0) is 4.84 Å². The fraction of sp³-hybridized carbons (Fsp3) is 0.300. The molecule has 2 nitrogen and oxygen atoms in total. The van der Waals surface area contributed by atoms with Gasteiger partial charge in [0.15, 0.2) is 0 Å². The van der Waals surface area contributed by atoms with Crippen LogP contribution in [0.25, 0.3) is 0 Å². The molecule has 1 aromatic rings. The van der Waals surface area contributed by atoms with E-state index in [2.05, 4.69) is 5.16 Å². The van der Waals surface area contributed by atoms with E-state index >= 15 is 0 Å². The Hall–Kier alpha value is -0.380. The van der Waals surface area contributed by atoms with E-state index in [-0.39, 0.29) is 0 Å². The van der Waals surface area contributed by atoms with Crippen molar-refractivity contribution in [1.82, 2.24) is 0 Å². The normalized spacial score (nSPS) is 17.7. The maximum Gasteiger partial charge on any atom is 0.106 e. The molecular weight excluding hydrogens is 253 g/mol. The lowest BCUT2D eigenvalue weighted by Crippen LogP contribution is -2.11. The van der Waals surface area contributed by atoms with Crippen LogP contribution < -0.4 is 0 Å². The predicted molar refractivity (Wildman–Crippen MR) is 65.3 cm³/mol. The highest BCUT2D eigenvalue weighted by Gasteiger charge is 2.22. The minimum absolute atomic E-state index is 0.678. The van der Waals surface area contributed by atoms with Crippen molar-refractivity contribution in [3.8, 4) is 0 Å². The summed E-state index contributed by atoms with van der Waals surface area (Å²) in [5.74, 6) is 0.954. The van der Waals surface area contributed by atoms with Gasteiger partial charge in [-0.2, -0.15) is 0 Å². The zero-order chi connectivity index (χ0) is 10.8. The number of hydrogen-bond donors (Lipinski definition) is 0. The fourth-order valence-electron chi connectivity index (χ4n) is 1.52. The zero-order valence-corrected chi connectivity index (χ0v) is 10.4. The summed E-state index contributed by atoms with van der Waals surface area (Å²) < 4.78 is 0. The SMILES string of the molecule is CON=C1CCSc2c(Cl)ccc(Cl)c21. The molecule has 15 heavy (non-hydrogen) atoms. The number of oxime groups is 1. The van der Waals surface area contributed by atoms with E-state index in [0.717, 1.165) is 33.4 Å². The van der Waals surface area contributed by atoms with Crippen LogP contribution in [0.1, 0.15) is 12.0 Å². The number of fused-ring (bicyclic) bond motifs is 1. The third-order valence-corrected chi connectivity index (χ3v) is 4.00. The van der Waals surface area contributed by atoms with E-state index < -0.39 is 0 Å². The minimum atomic E-state index is 0.678. The summed E-state index contributed by atoms with van der Waals surface area (Å²) >= 11 is 13.9. The van der Waals surface area contributed by atoms with Gasteiger partial charge in [-0.05, 0) is 12.1 Å². The Bertz CT molecular complexity index is 420. The van der Waals surface area contributed by atoms with Crippen LogP contribution in [0.5, 0.6) is 0 Å². The molecule has 1 heterocycles. The molecule has 0 radical (unpaired) electrons. The van der Waals surface area contributed by atoms with Crippen LogP contribution in [0, 0.1) is 0 Å². The predicted octanol–water partition coefficient (Wildman–Crippen LogP) is 3.84. The molecule has 0 saturated carbocycles. The van der Waals surface area contributed by atoms with Crippen molar-refractivity contribution in [2.45, 2.75) is 11.3 Å². The molecule has 0 amide bonds. The molecule has 0 spiro atoms. The molecule has 1 aliphatic rings. The summed E-state index contributed by atoms with van der Waals surface area (Å²) in [5, 5.41) is 5.39. The number of rotatable bonds is 1. The van der Waals surface area contributed by atoms with Crippen molar-refractivity contribution in [1.29, 1.82) is 0 Å². The number of nitrogens with zero attached hydrogens (tertiary/aromatic N) is 1. The second-order valence-corrected chi connectivity index (χ2v) is 4.97. The maximum atomic E-state index is 6.14. The van der Waals surface area contributed by atoms with Gasteiger partial charge in [-0.1, -0.05) is 28.4 Å². The Balaban J connectivity index is 2.60. The van der Waals surface area contributed by atoms with Crippen molar-refractivity contribution in [3.63, 3.8) is 0 Å². The first-order valence-electron chi connectivity index (χ1n) is 4.45. The average Bonchev–Trinajstić information content (AvgIpc) is 2.24. The van der Waals surface area contributed by atoms with Gasteiger partial charge in [-0.25, -0.2) is 0 Å². The number of benzene rings is 1. The first-order valence-corrected chi connectivity index (χ1v) is 6.19. The standard InChI is InChI=1S/C10H9Cl2NOS/c1-14-13-8-4-5-15-10-7(12)3-2-6(11)9(8)10/h2-3H,4-5H2,1H3. The molecule has 1 aliphatic heterocycles. The Morgan fingerprint density at radius 1 is 1.33 bits per heavy atom. The first kappa shape index (κ1) is 11.1. The van der Waals surface area contributed by atoms with Crippen molar-refractivity contribution in [2.75, 3.05) is 12.9 Å². The largest absolute Gasteiger partial charge is 0.399 e. The molecule has 0 fully saturated rings. The highest BCUT2D eigenvalue weighted by molar-refractivity contribution is 7.99. The third kappa shape index (κ3) is 2.10. The summed E-state index contributed by atoms with van der Waals surface area (Å²) in [6.45, 7) is 0. The van der Waals surface area contributed by atoms with Crippen LogP contribution >= 0.6 is 35.0 Å². The highest BCUT2D eigenvalue weighted by atomic mass is 35.5. The molecule has 0 bridgehead atoms. The molecule has 5 heteroatoms. The molecular formula is C10H9Cl2NOS. The van der Waals surface area contributed by atoms with Crippen molar-refractivity contribution < 1.29 is 4.84 Å². The van der Waals surface area contributed by atoms with Crippen LogP contribution in [0.15, 0.2) is 22.2 Å². The van der Waals surface area contributed by atoms with E-state index in [1.54, 1.807) is 17.8 Å². The van der Waals surface area contributed by atoms with Crippen LogP contribution in [0.3, 0.4) is 0 Å². The maximum absolute atomic E-state index is 6.14. The molecule has 0 N–H and O–H groups in total. The molecule has 0 atom stereocenters. The first-order chi connectivity index (χ1) is 7.24. The summed E-state index contributed by atoms with van der Waals surface area (Å²) in [6, 6.07) is 3.60. The Morgan fingerprint density at radius 3 is 2.80 bits per heavy atom. The lowest BCUT2D eigenvalue weighted by molar-refractivity contribution is 0.213. The lowest BCUT2D eigenvalue weighted by atomic mass is 10.1. The topological polar surface area (TPSA) is 21.6 Å². The Kier molecular flexibility index (Phi) is 3.44. The van der Waals surface area contributed by atoms with Gasteiger partial charge >= 0.3 is 0 Å². The van der Waals surface area contributed by atoms with Crippen LogP contribution in [-0.4, -0.2) is 18.6 Å². The third-order valence-electron chi connectivity index (χ3n) is 2.13. The Morgan fingerprint density at radius 2 is 2.07 bits per heavy atom. The van der Waals surface area contributed by atoms with Gasteiger partial charge in [0.2, 0.25) is 0 Å². The van der Waals surface area contributed by atoms with E-state index in [1.807, 2.05) is 6.07 Å². The lowest BCUT2D eigenvalue weighted by Gasteiger charge is -2.19. The summed E-state index contributed by atoms with van der Waals surface area (Å²) in [6.07, 6.45) is 0.853. The monoisotopic (exact) mass is 261 g/mol. The second-order valence-electron chi connectivity index (χ2n) is 3.05. The second kappa shape index (κ2) is 4.64. The van der Waals surface area contributed by atoms with Gasteiger partial charge in [-0.3, -0.25) is 0 Å². The highest BCUT2D eigenvalue weighted by Crippen LogP contribution is 2.39. The minimum Gasteiger partial charge on any atom is -0.399 e. The average molecular weight is 262 g/mol. The quantitative estimate of drug-likeness (QED) is 0.717.